The topological polar surface area (TPSA) is 87.5 Å². The molecule has 1 N–H and O–H groups in total. The molecule has 1 aliphatic heterocycles. The van der Waals surface area contributed by atoms with Crippen LogP contribution in [0, 0.1) is 11.7 Å². The van der Waals surface area contributed by atoms with Crippen LogP contribution in [0.2, 0.25) is 0 Å². The quantitative estimate of drug-likeness (QED) is 0.495. The summed E-state index contributed by atoms with van der Waals surface area (Å²) in [4.78, 5) is 22.1. The van der Waals surface area contributed by atoms with Crippen molar-refractivity contribution in [3.05, 3.63) is 54.8 Å². The largest absolute Gasteiger partial charge is 0.451 e. The number of benzene rings is 1. The van der Waals surface area contributed by atoms with Crippen molar-refractivity contribution in [2.45, 2.75) is 51.6 Å². The second-order valence-corrected chi connectivity index (χ2v) is 10.4. The average Bonchev–Trinajstić information content (AvgIpc) is 2.92. The molecule has 1 saturated carbocycles. The van der Waals surface area contributed by atoms with E-state index in [2.05, 4.69) is 29.7 Å². The number of hydrogen-bond acceptors (Lipinski definition) is 8. The zero-order chi connectivity index (χ0) is 25.8. The van der Waals surface area contributed by atoms with Crippen molar-refractivity contribution in [2.75, 3.05) is 37.6 Å². The van der Waals surface area contributed by atoms with Crippen molar-refractivity contribution in [1.82, 2.24) is 24.8 Å². The predicted octanol–water partition coefficient (Wildman–Crippen LogP) is 4.66. The van der Waals surface area contributed by atoms with Gasteiger partial charge in [-0.15, -0.1) is 0 Å². The van der Waals surface area contributed by atoms with E-state index in [0.717, 1.165) is 75.5 Å². The molecule has 0 radical (unpaired) electrons. The highest BCUT2D eigenvalue weighted by molar-refractivity contribution is 5.73. The summed E-state index contributed by atoms with van der Waals surface area (Å²) in [6.45, 7) is 8.75. The Bertz CT molecular complexity index is 1190. The lowest BCUT2D eigenvalue weighted by molar-refractivity contribution is 0.0926. The monoisotopic (exact) mass is 506 g/mol. The Hall–Kier alpha value is -3.17. The molecule has 3 heterocycles. The van der Waals surface area contributed by atoms with E-state index in [1.54, 1.807) is 18.5 Å². The third-order valence-corrected chi connectivity index (χ3v) is 7.41. The van der Waals surface area contributed by atoms with Gasteiger partial charge in [-0.25, -0.2) is 24.3 Å². The molecule has 1 saturated heterocycles. The van der Waals surface area contributed by atoms with Crippen LogP contribution < -0.4 is 9.64 Å². The lowest BCUT2D eigenvalue weighted by Crippen LogP contribution is -2.48. The molecule has 2 aromatic heterocycles. The standard InChI is InChI=1S/C28H35FN6O2/c1-19(2)27-24(14-30-17-32-27)23-13-21(29)5-8-25(23)37-26-15-31-18-33-28(26)35-11-9-34(10-12-35)16-20-3-6-22(36)7-4-20/h5,8,13-15,17-20,22,36H,3-4,6-7,9-12,16H2,1-2H3. The SMILES string of the molecule is CC(C)c1ncncc1-c1cc(F)ccc1Oc1cncnc1N1CCN(CC2CCC(O)CC2)CC1. The van der Waals surface area contributed by atoms with Crippen LogP contribution in [0.5, 0.6) is 11.5 Å². The van der Waals surface area contributed by atoms with Crippen molar-refractivity contribution in [3.8, 4) is 22.6 Å². The Morgan fingerprint density at radius 3 is 2.43 bits per heavy atom. The molecule has 5 rings (SSSR count). The number of ether oxygens (including phenoxy) is 1. The van der Waals surface area contributed by atoms with Crippen LogP contribution in [0.1, 0.15) is 51.1 Å². The zero-order valence-electron chi connectivity index (χ0n) is 21.6. The molecule has 0 spiro atoms. The van der Waals surface area contributed by atoms with Crippen LogP contribution in [0.15, 0.2) is 43.2 Å². The fourth-order valence-electron chi connectivity index (χ4n) is 5.38. The summed E-state index contributed by atoms with van der Waals surface area (Å²) in [7, 11) is 0. The zero-order valence-corrected chi connectivity index (χ0v) is 21.6. The molecule has 0 amide bonds. The number of rotatable bonds is 7. The predicted molar refractivity (Wildman–Crippen MR) is 140 cm³/mol. The minimum absolute atomic E-state index is 0.114. The summed E-state index contributed by atoms with van der Waals surface area (Å²) < 4.78 is 20.7. The van der Waals surface area contributed by atoms with Gasteiger partial charge in [0, 0.05) is 50.0 Å². The molecule has 2 fully saturated rings. The van der Waals surface area contributed by atoms with Gasteiger partial charge in [0.1, 0.15) is 24.2 Å². The van der Waals surface area contributed by atoms with Gasteiger partial charge in [0.2, 0.25) is 0 Å². The summed E-state index contributed by atoms with van der Waals surface area (Å²) in [6, 6.07) is 4.49. The molecule has 1 aliphatic carbocycles. The number of anilines is 1. The smallest absolute Gasteiger partial charge is 0.188 e. The minimum atomic E-state index is -0.353. The summed E-state index contributed by atoms with van der Waals surface area (Å²) in [5.41, 5.74) is 2.18. The number of aliphatic hydroxyl groups is 1. The lowest BCUT2D eigenvalue weighted by Gasteiger charge is -2.38. The first-order valence-electron chi connectivity index (χ1n) is 13.2. The van der Waals surface area contributed by atoms with Crippen molar-refractivity contribution in [3.63, 3.8) is 0 Å². The number of nitrogens with zero attached hydrogens (tertiary/aromatic N) is 6. The normalized spacial score (nSPS) is 20.8. The van der Waals surface area contributed by atoms with E-state index in [-0.39, 0.29) is 17.8 Å². The Kier molecular flexibility index (Phi) is 7.90. The highest BCUT2D eigenvalue weighted by Crippen LogP contribution is 2.39. The fraction of sp³-hybridized carbons (Fsp3) is 0.500. The molecule has 1 aromatic carbocycles. The first kappa shape index (κ1) is 25.5. The van der Waals surface area contributed by atoms with E-state index < -0.39 is 0 Å². The van der Waals surface area contributed by atoms with Crippen molar-refractivity contribution < 1.29 is 14.2 Å². The first-order valence-corrected chi connectivity index (χ1v) is 13.2. The van der Waals surface area contributed by atoms with Crippen LogP contribution in [0.4, 0.5) is 10.2 Å². The summed E-state index contributed by atoms with van der Waals surface area (Å²) >= 11 is 0. The van der Waals surface area contributed by atoms with Crippen LogP contribution in [-0.2, 0) is 0 Å². The molecular formula is C28H35FN6O2. The second-order valence-electron chi connectivity index (χ2n) is 10.4. The summed E-state index contributed by atoms with van der Waals surface area (Å²) in [5, 5.41) is 9.79. The van der Waals surface area contributed by atoms with Crippen molar-refractivity contribution >= 4 is 5.82 Å². The number of halogens is 1. The summed E-state index contributed by atoms with van der Waals surface area (Å²) in [6.07, 6.45) is 10.4. The van der Waals surface area contributed by atoms with Gasteiger partial charge in [0.15, 0.2) is 11.6 Å². The molecule has 37 heavy (non-hydrogen) atoms. The van der Waals surface area contributed by atoms with E-state index in [0.29, 0.717) is 23.0 Å². The maximum atomic E-state index is 14.4. The number of aromatic nitrogens is 4. The number of hydrogen-bond donors (Lipinski definition) is 1. The van der Waals surface area contributed by atoms with Gasteiger partial charge in [0.05, 0.1) is 18.0 Å². The van der Waals surface area contributed by atoms with Gasteiger partial charge >= 0.3 is 0 Å². The van der Waals surface area contributed by atoms with E-state index in [9.17, 15) is 9.50 Å². The molecule has 3 aromatic rings. The highest BCUT2D eigenvalue weighted by Gasteiger charge is 2.26. The number of piperazine rings is 1. The Morgan fingerprint density at radius 1 is 0.946 bits per heavy atom. The van der Waals surface area contributed by atoms with Crippen molar-refractivity contribution in [2.24, 2.45) is 5.92 Å². The fourth-order valence-corrected chi connectivity index (χ4v) is 5.38. The molecule has 0 atom stereocenters. The molecule has 2 aliphatic rings. The van der Waals surface area contributed by atoms with Crippen LogP contribution in [0.25, 0.3) is 11.1 Å². The van der Waals surface area contributed by atoms with E-state index in [4.69, 9.17) is 4.74 Å². The summed E-state index contributed by atoms with van der Waals surface area (Å²) in [5.74, 6) is 2.23. The first-order chi connectivity index (χ1) is 18.0. The van der Waals surface area contributed by atoms with Crippen LogP contribution in [-0.4, -0.2) is 68.8 Å². The van der Waals surface area contributed by atoms with Gasteiger partial charge in [-0.05, 0) is 55.7 Å². The second kappa shape index (κ2) is 11.5. The Labute approximate surface area is 217 Å². The van der Waals surface area contributed by atoms with E-state index >= 15 is 0 Å². The minimum Gasteiger partial charge on any atom is -0.451 e. The maximum Gasteiger partial charge on any atom is 0.188 e. The molecule has 8 nitrogen and oxygen atoms in total. The Morgan fingerprint density at radius 2 is 1.68 bits per heavy atom. The van der Waals surface area contributed by atoms with Gasteiger partial charge in [-0.3, -0.25) is 4.90 Å². The van der Waals surface area contributed by atoms with Crippen LogP contribution in [0.3, 0.4) is 0 Å². The molecule has 9 heteroatoms. The number of aliphatic hydroxyl groups excluding tert-OH is 1. The van der Waals surface area contributed by atoms with Gasteiger partial charge in [-0.1, -0.05) is 13.8 Å². The molecular weight excluding hydrogens is 471 g/mol. The molecule has 0 unspecified atom stereocenters. The van der Waals surface area contributed by atoms with Crippen molar-refractivity contribution in [1.29, 1.82) is 0 Å². The van der Waals surface area contributed by atoms with Gasteiger partial charge in [-0.2, -0.15) is 0 Å². The molecule has 0 bridgehead atoms. The Balaban J connectivity index is 1.33. The lowest BCUT2D eigenvalue weighted by atomic mass is 9.87. The van der Waals surface area contributed by atoms with E-state index in [1.807, 2.05) is 13.8 Å². The van der Waals surface area contributed by atoms with Gasteiger partial charge in [0.25, 0.3) is 0 Å². The molecule has 196 valence electrons. The van der Waals surface area contributed by atoms with E-state index in [1.165, 1.54) is 24.8 Å². The van der Waals surface area contributed by atoms with Gasteiger partial charge < -0.3 is 14.7 Å². The van der Waals surface area contributed by atoms with Crippen LogP contribution >= 0.6 is 0 Å². The third-order valence-electron chi connectivity index (χ3n) is 7.41. The highest BCUT2D eigenvalue weighted by atomic mass is 19.1. The third kappa shape index (κ3) is 6.05. The maximum absolute atomic E-state index is 14.4. The average molecular weight is 507 g/mol.